The Hall–Kier alpha value is -3.85. The molecule has 0 spiro atoms. The summed E-state index contributed by atoms with van der Waals surface area (Å²) in [5, 5.41) is 9.45. The van der Waals surface area contributed by atoms with Gasteiger partial charge in [-0.15, -0.1) is 0 Å². The van der Waals surface area contributed by atoms with E-state index in [1.54, 1.807) is 63.4 Å². The third kappa shape index (κ3) is 9.74. The van der Waals surface area contributed by atoms with Crippen LogP contribution in [-0.4, -0.2) is 53.5 Å². The number of carbonyl (C=O) groups is 2. The van der Waals surface area contributed by atoms with Crippen LogP contribution in [0.1, 0.15) is 59.1 Å². The Morgan fingerprint density at radius 1 is 0.853 bits per heavy atom. The van der Waals surface area contributed by atoms with Crippen LogP contribution in [0, 0.1) is 0 Å². The predicted octanol–water partition coefficient (Wildman–Crippen LogP) is 4.12. The van der Waals surface area contributed by atoms with Gasteiger partial charge in [0.2, 0.25) is 0 Å². The summed E-state index contributed by atoms with van der Waals surface area (Å²) in [7, 11) is 4.67. The van der Waals surface area contributed by atoms with E-state index in [2.05, 4.69) is 15.0 Å². The van der Waals surface area contributed by atoms with E-state index in [-0.39, 0.29) is 5.78 Å². The van der Waals surface area contributed by atoms with Gasteiger partial charge in [-0.2, -0.15) is 0 Å². The van der Waals surface area contributed by atoms with Gasteiger partial charge >= 0.3 is 0 Å². The highest BCUT2D eigenvalue weighted by Gasteiger charge is 2.05. The first-order chi connectivity index (χ1) is 16.4. The highest BCUT2D eigenvalue weighted by Crippen LogP contribution is 2.19. The maximum Gasteiger partial charge on any atom is 0.164 e. The van der Waals surface area contributed by atoms with Crippen LogP contribution < -0.4 is 14.2 Å². The van der Waals surface area contributed by atoms with Crippen LogP contribution in [0.5, 0.6) is 17.2 Å². The molecule has 1 N–H and O–H groups in total. The molecule has 3 rings (SSSR count). The maximum absolute atomic E-state index is 11.2. The molecule has 9 heteroatoms. The van der Waals surface area contributed by atoms with Crippen LogP contribution in [0.3, 0.4) is 0 Å². The van der Waals surface area contributed by atoms with Crippen LogP contribution in [0.25, 0.3) is 0 Å². The topological polar surface area (TPSA) is 121 Å². The minimum atomic E-state index is -0.437. The van der Waals surface area contributed by atoms with E-state index in [1.807, 2.05) is 13.8 Å². The van der Waals surface area contributed by atoms with Gasteiger partial charge in [-0.25, -0.2) is 0 Å². The lowest BCUT2D eigenvalue weighted by Crippen LogP contribution is -1.97. The van der Waals surface area contributed by atoms with Crippen molar-refractivity contribution in [1.29, 1.82) is 0 Å². The number of carbonyl (C=O) groups excluding carboxylic acids is 2. The zero-order valence-corrected chi connectivity index (χ0v) is 20.1. The van der Waals surface area contributed by atoms with Crippen molar-refractivity contribution in [2.24, 2.45) is 0 Å². The van der Waals surface area contributed by atoms with Gasteiger partial charge < -0.3 is 19.3 Å². The van der Waals surface area contributed by atoms with Gasteiger partial charge in [-0.05, 0) is 24.6 Å². The Morgan fingerprint density at radius 2 is 1.38 bits per heavy atom. The van der Waals surface area contributed by atoms with Crippen molar-refractivity contribution in [2.75, 3.05) is 21.3 Å². The van der Waals surface area contributed by atoms with Crippen LogP contribution in [-0.2, 0) is 0 Å². The van der Waals surface area contributed by atoms with Gasteiger partial charge in [-0.1, -0.05) is 13.8 Å². The van der Waals surface area contributed by atoms with Crippen molar-refractivity contribution in [3.8, 4) is 17.2 Å². The number of methoxy groups -OCH3 is 3. The van der Waals surface area contributed by atoms with Crippen LogP contribution in [0.15, 0.2) is 55.4 Å². The molecule has 1 unspecified atom stereocenters. The van der Waals surface area contributed by atoms with Gasteiger partial charge in [0, 0.05) is 41.7 Å². The Kier molecular flexibility index (Phi) is 13.2. The zero-order chi connectivity index (χ0) is 25.3. The molecule has 3 heterocycles. The van der Waals surface area contributed by atoms with E-state index in [0.29, 0.717) is 41.2 Å². The molecular formula is C25H31N3O6. The number of aliphatic hydroxyl groups excluding tert-OH is 1. The highest BCUT2D eigenvalue weighted by molar-refractivity contribution is 5.95. The van der Waals surface area contributed by atoms with E-state index in [4.69, 9.17) is 14.2 Å². The standard InChI is InChI=1S/C9H13NO2.C9H11NO2.C7H7NO2/c2*1-3-9(11)7-4-8(12-2)6-10-5-7;1-10-7-2-6(5-9)3-8-4-7/h4-6,9,11H,3H2,1-2H3;4-6H,3H2,1-2H3;2-5H,1H3. The number of Topliss-reactive ketones (excluding diaryl/α,β-unsaturated/α-hetero) is 1. The minimum Gasteiger partial charge on any atom is -0.495 e. The fraction of sp³-hybridized carbons (Fsp3) is 0.320. The first-order valence-corrected chi connectivity index (χ1v) is 10.6. The SMILES string of the molecule is CCC(=O)c1cncc(OC)c1.CCC(O)c1cncc(OC)c1.COc1cncc(C=O)c1. The number of nitrogens with zero attached hydrogens (tertiary/aromatic N) is 3. The number of pyridine rings is 3. The molecule has 9 nitrogen and oxygen atoms in total. The third-order valence-electron chi connectivity index (χ3n) is 4.44. The van der Waals surface area contributed by atoms with Crippen LogP contribution in [0.4, 0.5) is 0 Å². The van der Waals surface area contributed by atoms with Crippen molar-refractivity contribution in [3.05, 3.63) is 72.1 Å². The summed E-state index contributed by atoms with van der Waals surface area (Å²) in [5.41, 5.74) is 1.94. The lowest BCUT2D eigenvalue weighted by atomic mass is 10.1. The summed E-state index contributed by atoms with van der Waals surface area (Å²) in [5.74, 6) is 1.99. The molecule has 0 aromatic carbocycles. The van der Waals surface area contributed by atoms with E-state index in [0.717, 1.165) is 11.8 Å². The third-order valence-corrected chi connectivity index (χ3v) is 4.44. The lowest BCUT2D eigenvalue weighted by molar-refractivity contribution is 0.0987. The van der Waals surface area contributed by atoms with E-state index in [1.165, 1.54) is 13.3 Å². The number of hydrogen-bond acceptors (Lipinski definition) is 9. The molecule has 0 aliphatic carbocycles. The second kappa shape index (κ2) is 15.9. The molecule has 3 aromatic heterocycles. The number of hydrogen-bond donors (Lipinski definition) is 1. The van der Waals surface area contributed by atoms with E-state index < -0.39 is 6.10 Å². The average Bonchev–Trinajstić information content (AvgIpc) is 2.92. The molecule has 0 saturated carbocycles. The summed E-state index contributed by atoms with van der Waals surface area (Å²) in [6, 6.07) is 5.11. The maximum atomic E-state index is 11.2. The van der Waals surface area contributed by atoms with Crippen molar-refractivity contribution in [3.63, 3.8) is 0 Å². The molecule has 182 valence electrons. The lowest BCUT2D eigenvalue weighted by Gasteiger charge is -2.08. The number of ether oxygens (including phenoxy) is 3. The number of aldehydes is 1. The summed E-state index contributed by atoms with van der Waals surface area (Å²) >= 11 is 0. The van der Waals surface area contributed by atoms with Gasteiger partial charge in [0.15, 0.2) is 12.1 Å². The number of rotatable bonds is 8. The number of ketones is 1. The smallest absolute Gasteiger partial charge is 0.164 e. The normalized spacial score (nSPS) is 10.4. The van der Waals surface area contributed by atoms with Crippen molar-refractivity contribution in [2.45, 2.75) is 32.8 Å². The molecule has 0 aliphatic heterocycles. The van der Waals surface area contributed by atoms with Gasteiger partial charge in [0.25, 0.3) is 0 Å². The fourth-order valence-corrected chi connectivity index (χ4v) is 2.46. The average molecular weight is 470 g/mol. The van der Waals surface area contributed by atoms with Crippen molar-refractivity contribution in [1.82, 2.24) is 15.0 Å². The molecule has 34 heavy (non-hydrogen) atoms. The summed E-state index contributed by atoms with van der Waals surface area (Å²) in [6.45, 7) is 3.74. The first kappa shape index (κ1) is 28.2. The molecule has 0 aliphatic rings. The highest BCUT2D eigenvalue weighted by atomic mass is 16.5. The van der Waals surface area contributed by atoms with Crippen LogP contribution >= 0.6 is 0 Å². The van der Waals surface area contributed by atoms with Crippen molar-refractivity contribution >= 4 is 12.1 Å². The van der Waals surface area contributed by atoms with Crippen molar-refractivity contribution < 1.29 is 28.9 Å². The largest absolute Gasteiger partial charge is 0.495 e. The van der Waals surface area contributed by atoms with Gasteiger partial charge in [0.05, 0.1) is 46.0 Å². The molecular weight excluding hydrogens is 438 g/mol. The molecule has 0 radical (unpaired) electrons. The second-order valence-corrected chi connectivity index (χ2v) is 6.75. The molecule has 0 saturated heterocycles. The number of aromatic nitrogens is 3. The summed E-state index contributed by atoms with van der Waals surface area (Å²) < 4.78 is 14.7. The quantitative estimate of drug-likeness (QED) is 0.383. The minimum absolute atomic E-state index is 0.0846. The first-order valence-electron chi connectivity index (χ1n) is 10.6. The second-order valence-electron chi connectivity index (χ2n) is 6.75. The molecule has 0 fully saturated rings. The molecule has 0 amide bonds. The van der Waals surface area contributed by atoms with Gasteiger partial charge in [0.1, 0.15) is 17.2 Å². The van der Waals surface area contributed by atoms with E-state index in [9.17, 15) is 14.7 Å². The Labute approximate surface area is 199 Å². The molecule has 3 aromatic rings. The fourth-order valence-electron chi connectivity index (χ4n) is 2.46. The van der Waals surface area contributed by atoms with E-state index >= 15 is 0 Å². The Balaban J connectivity index is 0.000000256. The Bertz CT molecular complexity index is 1030. The number of aliphatic hydroxyl groups is 1. The molecule has 1 atom stereocenters. The Morgan fingerprint density at radius 3 is 1.91 bits per heavy atom. The van der Waals surface area contributed by atoms with Gasteiger partial charge in [-0.3, -0.25) is 24.5 Å². The summed E-state index contributed by atoms with van der Waals surface area (Å²) in [6.07, 6.45) is 10.9. The molecule has 0 bridgehead atoms. The summed E-state index contributed by atoms with van der Waals surface area (Å²) in [4.78, 5) is 33.0. The van der Waals surface area contributed by atoms with Crippen LogP contribution in [0.2, 0.25) is 0 Å². The monoisotopic (exact) mass is 469 g/mol. The predicted molar refractivity (Wildman–Crippen MR) is 128 cm³/mol. The zero-order valence-electron chi connectivity index (χ0n) is 20.1.